The van der Waals surface area contributed by atoms with Crippen molar-refractivity contribution in [2.45, 2.75) is 33.6 Å². The number of hydrogen-bond acceptors (Lipinski definition) is 4. The average molecular weight is 504 g/mol. The Morgan fingerprint density at radius 3 is 2.25 bits per heavy atom. The summed E-state index contributed by atoms with van der Waals surface area (Å²) in [4.78, 5) is 29.7. The van der Waals surface area contributed by atoms with E-state index in [1.54, 1.807) is 6.08 Å². The lowest BCUT2D eigenvalue weighted by Crippen LogP contribution is -2.32. The van der Waals surface area contributed by atoms with Gasteiger partial charge in [0.15, 0.2) is 0 Å². The minimum Gasteiger partial charge on any atom is -0.339 e. The van der Waals surface area contributed by atoms with Crippen molar-refractivity contribution in [1.29, 1.82) is 0 Å². The Kier molecular flexibility index (Phi) is 10.1. The van der Waals surface area contributed by atoms with Crippen molar-refractivity contribution in [1.82, 2.24) is 9.80 Å². The average Bonchev–Trinajstić information content (AvgIpc) is 2.86. The van der Waals surface area contributed by atoms with Crippen molar-refractivity contribution in [3.63, 3.8) is 0 Å². The van der Waals surface area contributed by atoms with Crippen LogP contribution in [0.2, 0.25) is 0 Å². The first-order chi connectivity index (χ1) is 17.4. The number of nitrogens with zero attached hydrogens (tertiary/aromatic N) is 2. The Hall–Kier alpha value is -3.09. The van der Waals surface area contributed by atoms with Gasteiger partial charge in [-0.25, -0.2) is 0 Å². The second-order valence-corrected chi connectivity index (χ2v) is 9.54. The third-order valence-electron chi connectivity index (χ3n) is 6.45. The highest BCUT2D eigenvalue weighted by Crippen LogP contribution is 2.34. The van der Waals surface area contributed by atoms with Crippen LogP contribution in [0.1, 0.15) is 55.1 Å². The zero-order valence-electron chi connectivity index (χ0n) is 21.6. The molecule has 2 amide bonds. The van der Waals surface area contributed by atoms with Gasteiger partial charge in [-0.1, -0.05) is 48.6 Å². The van der Waals surface area contributed by atoms with Crippen LogP contribution in [0, 0.1) is 0 Å². The maximum absolute atomic E-state index is 12.8. The fourth-order valence-corrected chi connectivity index (χ4v) is 4.96. The summed E-state index contributed by atoms with van der Waals surface area (Å²) in [5.41, 5.74) is 6.17. The Bertz CT molecular complexity index is 1140. The predicted octanol–water partition coefficient (Wildman–Crippen LogP) is 6.02. The van der Waals surface area contributed by atoms with Gasteiger partial charge in [0.25, 0.3) is 5.91 Å². The fraction of sp³-hybridized carbons (Fsp3) is 0.333. The lowest BCUT2D eigenvalue weighted by atomic mass is 9.87. The summed E-state index contributed by atoms with van der Waals surface area (Å²) in [6, 6.07) is 16.0. The Labute approximate surface area is 221 Å². The highest BCUT2D eigenvalue weighted by atomic mass is 32.1. The van der Waals surface area contributed by atoms with E-state index in [2.05, 4.69) is 47.6 Å². The van der Waals surface area contributed by atoms with Crippen LogP contribution < -0.4 is 5.32 Å². The molecule has 1 saturated heterocycles. The molecule has 5 nitrogen and oxygen atoms in total. The maximum Gasteiger partial charge on any atom is 0.253 e. The Morgan fingerprint density at radius 1 is 1.03 bits per heavy atom. The van der Waals surface area contributed by atoms with E-state index < -0.39 is 0 Å². The normalized spacial score (nSPS) is 14.3. The number of allylic oxidation sites excluding steroid dienone is 2. The van der Waals surface area contributed by atoms with E-state index >= 15 is 0 Å². The van der Waals surface area contributed by atoms with E-state index in [0.29, 0.717) is 18.7 Å². The number of thiol groups is 1. The molecule has 36 heavy (non-hydrogen) atoms. The number of rotatable bonds is 9. The maximum atomic E-state index is 12.8. The van der Waals surface area contributed by atoms with Gasteiger partial charge in [-0.15, -0.1) is 12.6 Å². The van der Waals surface area contributed by atoms with E-state index in [1.807, 2.05) is 55.2 Å². The van der Waals surface area contributed by atoms with Gasteiger partial charge >= 0.3 is 0 Å². The van der Waals surface area contributed by atoms with Crippen LogP contribution in [-0.2, 0) is 4.79 Å². The van der Waals surface area contributed by atoms with Crippen molar-refractivity contribution in [3.05, 3.63) is 94.4 Å². The molecule has 6 heteroatoms. The van der Waals surface area contributed by atoms with Gasteiger partial charge in [-0.05, 0) is 72.6 Å². The van der Waals surface area contributed by atoms with Crippen LogP contribution in [0.15, 0.2) is 77.7 Å². The standard InChI is InChI=1S/C30H37N3O2S/c1-5-9-28(36)21-32-18-16-24(17-19-32)29(26-10-8-11-27(20-26)31-22(4)34)23-12-14-25(15-13-23)30(35)33(6-2)7-3/h5,8-15,20,36H,1,6-7,16-19,21H2,2-4H3,(H,31,34)/b28-9-. The van der Waals surface area contributed by atoms with E-state index in [4.69, 9.17) is 0 Å². The first kappa shape index (κ1) is 27.5. The molecule has 1 fully saturated rings. The molecule has 0 aromatic heterocycles. The van der Waals surface area contributed by atoms with Gasteiger partial charge in [-0.3, -0.25) is 14.5 Å². The van der Waals surface area contributed by atoms with Crippen molar-refractivity contribution in [2.24, 2.45) is 0 Å². The second-order valence-electron chi connectivity index (χ2n) is 8.97. The number of piperidine rings is 1. The molecule has 0 atom stereocenters. The van der Waals surface area contributed by atoms with E-state index in [0.717, 1.165) is 54.2 Å². The molecule has 0 saturated carbocycles. The number of amides is 2. The Balaban J connectivity index is 1.96. The molecule has 1 aliphatic rings. The summed E-state index contributed by atoms with van der Waals surface area (Å²) in [5.74, 6) is -0.0408. The molecule has 1 aliphatic heterocycles. The molecule has 0 spiro atoms. The molecule has 0 aliphatic carbocycles. The summed E-state index contributed by atoms with van der Waals surface area (Å²) in [6.07, 6.45) is 5.59. The summed E-state index contributed by atoms with van der Waals surface area (Å²) in [6.45, 7) is 13.3. The van der Waals surface area contributed by atoms with E-state index in [1.165, 1.54) is 18.1 Å². The highest BCUT2D eigenvalue weighted by Gasteiger charge is 2.20. The number of anilines is 1. The molecule has 1 N–H and O–H groups in total. The summed E-state index contributed by atoms with van der Waals surface area (Å²) >= 11 is 4.56. The second kappa shape index (κ2) is 13.3. The monoisotopic (exact) mass is 503 g/mol. The van der Waals surface area contributed by atoms with Crippen molar-refractivity contribution in [3.8, 4) is 0 Å². The zero-order chi connectivity index (χ0) is 26.1. The number of nitrogens with one attached hydrogen (secondary N) is 1. The number of likely N-dealkylation sites (tertiary alicyclic amines) is 1. The number of hydrogen-bond donors (Lipinski definition) is 2. The summed E-state index contributed by atoms with van der Waals surface area (Å²) < 4.78 is 0. The smallest absolute Gasteiger partial charge is 0.253 e. The molecule has 0 radical (unpaired) electrons. The number of carbonyl (C=O) groups excluding carboxylic acids is 2. The van der Waals surface area contributed by atoms with Crippen molar-refractivity contribution >= 4 is 35.7 Å². The van der Waals surface area contributed by atoms with Crippen LogP contribution in [0.4, 0.5) is 5.69 Å². The third-order valence-corrected chi connectivity index (χ3v) is 6.74. The number of carbonyl (C=O) groups is 2. The molecule has 190 valence electrons. The molecule has 2 aromatic rings. The Morgan fingerprint density at radius 2 is 1.67 bits per heavy atom. The summed E-state index contributed by atoms with van der Waals surface area (Å²) in [7, 11) is 0. The molecule has 0 bridgehead atoms. The van der Waals surface area contributed by atoms with Crippen molar-refractivity contribution in [2.75, 3.05) is 38.0 Å². The molecule has 3 rings (SSSR count). The largest absolute Gasteiger partial charge is 0.339 e. The lowest BCUT2D eigenvalue weighted by molar-refractivity contribution is -0.114. The minimum absolute atomic E-state index is 0.0526. The SMILES string of the molecule is C=C/C=C(\S)CN1CCC(=C(c2ccc(C(=O)N(CC)CC)cc2)c2cccc(NC(C)=O)c2)CC1. The molecular formula is C30H37N3O2S. The quantitative estimate of drug-likeness (QED) is 0.325. The molecule has 2 aromatic carbocycles. The molecule has 1 heterocycles. The zero-order valence-corrected chi connectivity index (χ0v) is 22.5. The fourth-order valence-electron chi connectivity index (χ4n) is 4.65. The van der Waals surface area contributed by atoms with Gasteiger partial charge in [-0.2, -0.15) is 0 Å². The first-order valence-corrected chi connectivity index (χ1v) is 13.0. The van der Waals surface area contributed by atoms with Crippen LogP contribution >= 0.6 is 12.6 Å². The van der Waals surface area contributed by atoms with E-state index in [9.17, 15) is 9.59 Å². The topological polar surface area (TPSA) is 52.7 Å². The van der Waals surface area contributed by atoms with Crippen LogP contribution in [0.5, 0.6) is 0 Å². The molecular weight excluding hydrogens is 466 g/mol. The summed E-state index contributed by atoms with van der Waals surface area (Å²) in [5, 5.41) is 2.90. The third kappa shape index (κ3) is 7.21. The van der Waals surface area contributed by atoms with Gasteiger partial charge in [0.05, 0.1) is 0 Å². The van der Waals surface area contributed by atoms with Crippen LogP contribution in [-0.4, -0.2) is 54.3 Å². The predicted molar refractivity (Wildman–Crippen MR) is 153 cm³/mol. The highest BCUT2D eigenvalue weighted by molar-refractivity contribution is 7.84. The molecule has 0 unspecified atom stereocenters. The first-order valence-electron chi connectivity index (χ1n) is 12.6. The van der Waals surface area contributed by atoms with Gasteiger partial charge in [0.2, 0.25) is 5.91 Å². The lowest BCUT2D eigenvalue weighted by Gasteiger charge is -2.30. The number of benzene rings is 2. The van der Waals surface area contributed by atoms with E-state index in [-0.39, 0.29) is 11.8 Å². The van der Waals surface area contributed by atoms with Crippen LogP contribution in [0.3, 0.4) is 0 Å². The van der Waals surface area contributed by atoms with Crippen LogP contribution in [0.25, 0.3) is 5.57 Å². The minimum atomic E-state index is -0.0935. The van der Waals surface area contributed by atoms with Gasteiger partial charge in [0.1, 0.15) is 0 Å². The van der Waals surface area contributed by atoms with Crippen molar-refractivity contribution < 1.29 is 9.59 Å². The van der Waals surface area contributed by atoms with Gasteiger partial charge in [0, 0.05) is 50.9 Å². The van der Waals surface area contributed by atoms with Gasteiger partial charge < -0.3 is 10.2 Å².